The summed E-state index contributed by atoms with van der Waals surface area (Å²) < 4.78 is 7.08. The molecule has 27 heavy (non-hydrogen) atoms. The Kier molecular flexibility index (Phi) is 4.10. The molecule has 0 bridgehead atoms. The van der Waals surface area contributed by atoms with Crippen molar-refractivity contribution in [2.75, 3.05) is 25.1 Å². The van der Waals surface area contributed by atoms with E-state index in [-0.39, 0.29) is 0 Å². The van der Waals surface area contributed by atoms with E-state index in [2.05, 4.69) is 30.2 Å². The van der Waals surface area contributed by atoms with Crippen molar-refractivity contribution in [1.29, 1.82) is 0 Å². The lowest BCUT2D eigenvalue weighted by Gasteiger charge is -2.34. The summed E-state index contributed by atoms with van der Waals surface area (Å²) in [6, 6.07) is 3.71. The van der Waals surface area contributed by atoms with Crippen LogP contribution in [0.4, 0.5) is 5.82 Å². The van der Waals surface area contributed by atoms with Crippen molar-refractivity contribution < 1.29 is 4.74 Å². The van der Waals surface area contributed by atoms with E-state index in [4.69, 9.17) is 4.74 Å². The minimum absolute atomic E-state index is 0.341. The topological polar surface area (TPSA) is 81.3 Å². The van der Waals surface area contributed by atoms with Gasteiger partial charge in [-0.1, -0.05) is 0 Å². The monoisotopic (exact) mass is 365 g/mol. The van der Waals surface area contributed by atoms with Crippen LogP contribution in [-0.4, -0.2) is 50.0 Å². The summed E-state index contributed by atoms with van der Waals surface area (Å²) in [7, 11) is 1.62. The molecule has 0 N–H and O–H groups in total. The van der Waals surface area contributed by atoms with Crippen LogP contribution in [0.15, 0.2) is 18.5 Å². The maximum atomic E-state index is 5.25. The molecule has 3 aromatic heterocycles. The number of methoxy groups -OCH3 is 1. The Hall–Kier alpha value is -2.77. The number of hydrogen-bond donors (Lipinski definition) is 0. The molecule has 0 aromatic carbocycles. The quantitative estimate of drug-likeness (QED) is 0.704. The van der Waals surface area contributed by atoms with Crippen LogP contribution in [0.1, 0.15) is 48.7 Å². The molecule has 3 aromatic rings. The van der Waals surface area contributed by atoms with E-state index in [0.29, 0.717) is 11.8 Å². The summed E-state index contributed by atoms with van der Waals surface area (Å²) in [6.07, 6.45) is 8.42. The van der Waals surface area contributed by atoms with Gasteiger partial charge in [-0.25, -0.2) is 9.97 Å². The molecule has 0 atom stereocenters. The van der Waals surface area contributed by atoms with Gasteiger partial charge in [-0.2, -0.15) is 4.52 Å². The highest BCUT2D eigenvalue weighted by atomic mass is 16.5. The molecule has 8 nitrogen and oxygen atoms in total. The van der Waals surface area contributed by atoms with E-state index in [0.717, 1.165) is 56.1 Å². The van der Waals surface area contributed by atoms with Gasteiger partial charge >= 0.3 is 0 Å². The average Bonchev–Trinajstić information content (AvgIpc) is 3.16. The molecule has 0 amide bonds. The number of anilines is 1. The first-order valence-electron chi connectivity index (χ1n) is 9.67. The highest BCUT2D eigenvalue weighted by molar-refractivity contribution is 5.50. The first-order chi connectivity index (χ1) is 13.3. The first kappa shape index (κ1) is 16.4. The zero-order chi connectivity index (χ0) is 18.2. The molecule has 4 heterocycles. The van der Waals surface area contributed by atoms with Gasteiger partial charge in [0.25, 0.3) is 0 Å². The largest absolute Gasteiger partial charge is 0.480 e. The number of aromatic nitrogens is 6. The highest BCUT2D eigenvalue weighted by Gasteiger charge is 2.28. The summed E-state index contributed by atoms with van der Waals surface area (Å²) in [6.45, 7) is 1.93. The number of hydrogen-bond acceptors (Lipinski definition) is 7. The van der Waals surface area contributed by atoms with Crippen LogP contribution in [0.2, 0.25) is 0 Å². The van der Waals surface area contributed by atoms with E-state index in [1.165, 1.54) is 24.1 Å². The molecular weight excluding hydrogens is 342 g/mol. The van der Waals surface area contributed by atoms with E-state index in [1.54, 1.807) is 13.4 Å². The minimum Gasteiger partial charge on any atom is -0.480 e. The minimum atomic E-state index is 0.341. The predicted molar refractivity (Wildman–Crippen MR) is 100 cm³/mol. The Bertz CT molecular complexity index is 962. The second-order valence-electron chi connectivity index (χ2n) is 7.29. The number of rotatable bonds is 3. The van der Waals surface area contributed by atoms with Gasteiger partial charge in [0.2, 0.25) is 5.88 Å². The van der Waals surface area contributed by atoms with E-state index in [1.807, 2.05) is 16.6 Å². The van der Waals surface area contributed by atoms with E-state index < -0.39 is 0 Å². The second kappa shape index (κ2) is 6.75. The van der Waals surface area contributed by atoms with Gasteiger partial charge in [-0.3, -0.25) is 0 Å². The smallest absolute Gasteiger partial charge is 0.231 e. The molecule has 1 aliphatic heterocycles. The van der Waals surface area contributed by atoms with E-state index >= 15 is 0 Å². The number of aryl methyl sites for hydroxylation is 1. The fourth-order valence-corrected chi connectivity index (χ4v) is 4.28. The summed E-state index contributed by atoms with van der Waals surface area (Å²) in [4.78, 5) is 11.5. The third kappa shape index (κ3) is 2.89. The molecule has 8 heteroatoms. The van der Waals surface area contributed by atoms with Crippen molar-refractivity contribution in [1.82, 2.24) is 29.8 Å². The molecule has 2 aliphatic rings. The van der Waals surface area contributed by atoms with Crippen LogP contribution in [0.5, 0.6) is 5.88 Å². The van der Waals surface area contributed by atoms with Crippen LogP contribution in [-0.2, 0) is 12.8 Å². The van der Waals surface area contributed by atoms with Crippen molar-refractivity contribution in [3.05, 3.63) is 35.5 Å². The number of piperidine rings is 1. The maximum Gasteiger partial charge on any atom is 0.231 e. The Morgan fingerprint density at radius 1 is 1.04 bits per heavy atom. The van der Waals surface area contributed by atoms with Gasteiger partial charge in [-0.15, -0.1) is 15.3 Å². The van der Waals surface area contributed by atoms with Gasteiger partial charge in [0, 0.05) is 36.3 Å². The lowest BCUT2D eigenvalue weighted by molar-refractivity contribution is 0.386. The third-order valence-corrected chi connectivity index (χ3v) is 5.73. The standard InChI is InChI=1S/C19H23N7O/c1-27-17-7-6-16-22-23-18(26(16)24-17)13-8-10-25(11-9-13)19-14-4-2-3-5-15(14)20-12-21-19/h6-7,12-13H,2-5,8-11H2,1H3. The van der Waals surface area contributed by atoms with Crippen LogP contribution in [0, 0.1) is 0 Å². The van der Waals surface area contributed by atoms with Gasteiger partial charge in [0.1, 0.15) is 12.1 Å². The first-order valence-corrected chi connectivity index (χ1v) is 9.67. The van der Waals surface area contributed by atoms with Gasteiger partial charge in [-0.05, 0) is 44.6 Å². The van der Waals surface area contributed by atoms with Crippen molar-refractivity contribution in [2.45, 2.75) is 44.4 Å². The molecule has 1 fully saturated rings. The zero-order valence-electron chi connectivity index (χ0n) is 15.5. The van der Waals surface area contributed by atoms with Crippen LogP contribution >= 0.6 is 0 Å². The number of nitrogens with zero attached hydrogens (tertiary/aromatic N) is 7. The Morgan fingerprint density at radius 3 is 2.74 bits per heavy atom. The fraction of sp³-hybridized carbons (Fsp3) is 0.526. The molecule has 0 radical (unpaired) electrons. The van der Waals surface area contributed by atoms with Crippen molar-refractivity contribution in [3.63, 3.8) is 0 Å². The summed E-state index contributed by atoms with van der Waals surface area (Å²) in [5, 5.41) is 13.2. The SMILES string of the molecule is COc1ccc2nnc(C3CCN(c4ncnc5c4CCCC5)CC3)n2n1. The zero-order valence-corrected chi connectivity index (χ0v) is 15.5. The molecule has 0 spiro atoms. The Balaban J connectivity index is 1.37. The normalized spacial score (nSPS) is 17.9. The van der Waals surface area contributed by atoms with Crippen molar-refractivity contribution >= 4 is 11.5 Å². The molecule has 0 unspecified atom stereocenters. The van der Waals surface area contributed by atoms with Gasteiger partial charge < -0.3 is 9.64 Å². The molecule has 140 valence electrons. The van der Waals surface area contributed by atoms with Crippen molar-refractivity contribution in [3.8, 4) is 5.88 Å². The predicted octanol–water partition coefficient (Wildman–Crippen LogP) is 2.19. The van der Waals surface area contributed by atoms with Crippen LogP contribution in [0.3, 0.4) is 0 Å². The number of fused-ring (bicyclic) bond motifs is 2. The van der Waals surface area contributed by atoms with Gasteiger partial charge in [0.15, 0.2) is 11.5 Å². The molecule has 1 aliphatic carbocycles. The summed E-state index contributed by atoms with van der Waals surface area (Å²) in [5.74, 6) is 2.99. The summed E-state index contributed by atoms with van der Waals surface area (Å²) in [5.41, 5.74) is 3.37. The van der Waals surface area contributed by atoms with E-state index in [9.17, 15) is 0 Å². The summed E-state index contributed by atoms with van der Waals surface area (Å²) >= 11 is 0. The lowest BCUT2D eigenvalue weighted by atomic mass is 9.93. The molecule has 0 saturated carbocycles. The van der Waals surface area contributed by atoms with Crippen molar-refractivity contribution in [2.24, 2.45) is 0 Å². The Labute approximate surface area is 157 Å². The molecular formula is C19H23N7O. The number of ether oxygens (including phenoxy) is 1. The third-order valence-electron chi connectivity index (χ3n) is 5.73. The molecule has 1 saturated heterocycles. The molecule has 5 rings (SSSR count). The second-order valence-corrected chi connectivity index (χ2v) is 7.29. The van der Waals surface area contributed by atoms with Crippen LogP contribution < -0.4 is 9.64 Å². The lowest BCUT2D eigenvalue weighted by Crippen LogP contribution is -2.35. The highest BCUT2D eigenvalue weighted by Crippen LogP contribution is 2.32. The average molecular weight is 365 g/mol. The fourth-order valence-electron chi connectivity index (χ4n) is 4.28. The Morgan fingerprint density at radius 2 is 1.89 bits per heavy atom. The van der Waals surface area contributed by atoms with Gasteiger partial charge in [0.05, 0.1) is 7.11 Å². The maximum absolute atomic E-state index is 5.25. The van der Waals surface area contributed by atoms with Crippen LogP contribution in [0.25, 0.3) is 5.65 Å².